The molecule has 0 unspecified atom stereocenters. The van der Waals surface area contributed by atoms with Gasteiger partial charge in [-0.2, -0.15) is 4.98 Å². The third-order valence-electron chi connectivity index (χ3n) is 4.97. The maximum absolute atomic E-state index is 12.1. The molecule has 2 heterocycles. The SMILES string of the molecule is CC(C)(C)OC(=O)N1CCC(CCOc2nc(-c3ccc(S(C)(=O)=O)cc3)no2)CC1. The predicted molar refractivity (Wildman–Crippen MR) is 113 cm³/mol. The summed E-state index contributed by atoms with van der Waals surface area (Å²) in [6.45, 7) is 7.38. The lowest BCUT2D eigenvalue weighted by molar-refractivity contribution is 0.0175. The van der Waals surface area contributed by atoms with Gasteiger partial charge in [0.2, 0.25) is 5.82 Å². The third kappa shape index (κ3) is 6.68. The minimum atomic E-state index is -3.25. The van der Waals surface area contributed by atoms with Gasteiger partial charge in [0.05, 0.1) is 11.5 Å². The van der Waals surface area contributed by atoms with E-state index in [9.17, 15) is 13.2 Å². The van der Waals surface area contributed by atoms with Crippen LogP contribution in [0.25, 0.3) is 11.4 Å². The largest absolute Gasteiger partial charge is 0.449 e. The van der Waals surface area contributed by atoms with Gasteiger partial charge < -0.3 is 14.4 Å². The Kier molecular flexibility index (Phi) is 6.88. The maximum atomic E-state index is 12.1. The highest BCUT2D eigenvalue weighted by molar-refractivity contribution is 7.90. The standard InChI is InChI=1S/C21H29N3O6S/c1-21(2,3)29-20(25)24-12-9-15(10-13-24)11-14-28-19-22-18(23-30-19)16-5-7-17(8-6-16)31(4,26)27/h5-8,15H,9-14H2,1-4H3. The van der Waals surface area contributed by atoms with Crippen LogP contribution in [-0.4, -0.2) is 61.1 Å². The van der Waals surface area contributed by atoms with E-state index in [-0.39, 0.29) is 17.1 Å². The van der Waals surface area contributed by atoms with Crippen molar-refractivity contribution < 1.29 is 27.2 Å². The number of carbonyl (C=O) groups is 1. The summed E-state index contributed by atoms with van der Waals surface area (Å²) in [6.07, 6.45) is 3.58. The number of nitrogens with zero attached hydrogens (tertiary/aromatic N) is 3. The number of benzene rings is 1. The summed E-state index contributed by atoms with van der Waals surface area (Å²) < 4.78 is 39.2. The van der Waals surface area contributed by atoms with Gasteiger partial charge in [0.25, 0.3) is 0 Å². The number of rotatable bonds is 6. The smallest absolute Gasteiger partial charge is 0.417 e. The molecule has 0 saturated carbocycles. The third-order valence-corrected chi connectivity index (χ3v) is 6.09. The lowest BCUT2D eigenvalue weighted by atomic mass is 9.94. The molecule has 0 radical (unpaired) electrons. The Hall–Kier alpha value is -2.62. The predicted octanol–water partition coefficient (Wildman–Crippen LogP) is 3.56. The Labute approximate surface area is 182 Å². The van der Waals surface area contributed by atoms with Gasteiger partial charge in [-0.05, 0) is 70.2 Å². The lowest BCUT2D eigenvalue weighted by Crippen LogP contribution is -2.41. The van der Waals surface area contributed by atoms with Crippen LogP contribution < -0.4 is 4.74 Å². The molecular weight excluding hydrogens is 422 g/mol. The molecule has 10 heteroatoms. The summed E-state index contributed by atoms with van der Waals surface area (Å²) in [4.78, 5) is 18.3. The molecule has 1 aliphatic heterocycles. The fraction of sp³-hybridized carbons (Fsp3) is 0.571. The lowest BCUT2D eigenvalue weighted by Gasteiger charge is -2.33. The van der Waals surface area contributed by atoms with Crippen molar-refractivity contribution in [2.24, 2.45) is 5.92 Å². The van der Waals surface area contributed by atoms with E-state index in [1.807, 2.05) is 20.8 Å². The number of ether oxygens (including phenoxy) is 2. The quantitative estimate of drug-likeness (QED) is 0.655. The van der Waals surface area contributed by atoms with Gasteiger partial charge in [0.1, 0.15) is 5.60 Å². The van der Waals surface area contributed by atoms with Gasteiger partial charge in [-0.15, -0.1) is 0 Å². The minimum Gasteiger partial charge on any atom is -0.449 e. The van der Waals surface area contributed by atoms with Gasteiger partial charge in [-0.25, -0.2) is 13.2 Å². The Bertz CT molecular complexity index is 987. The Balaban J connectivity index is 1.43. The molecule has 1 fully saturated rings. The zero-order valence-electron chi connectivity index (χ0n) is 18.3. The molecule has 1 amide bonds. The van der Waals surface area contributed by atoms with Crippen LogP contribution >= 0.6 is 0 Å². The monoisotopic (exact) mass is 451 g/mol. The molecule has 0 N–H and O–H groups in total. The maximum Gasteiger partial charge on any atom is 0.417 e. The van der Waals surface area contributed by atoms with E-state index in [0.29, 0.717) is 37.0 Å². The van der Waals surface area contributed by atoms with Gasteiger partial charge in [-0.3, -0.25) is 4.52 Å². The van der Waals surface area contributed by atoms with Gasteiger partial charge in [-0.1, -0.05) is 5.16 Å². The van der Waals surface area contributed by atoms with Crippen LogP contribution in [-0.2, 0) is 14.6 Å². The van der Waals surface area contributed by atoms with E-state index in [1.54, 1.807) is 17.0 Å². The fourth-order valence-electron chi connectivity index (χ4n) is 3.28. The average molecular weight is 452 g/mol. The van der Waals surface area contributed by atoms with E-state index in [2.05, 4.69) is 10.1 Å². The van der Waals surface area contributed by atoms with Crippen LogP contribution in [0.1, 0.15) is 40.0 Å². The molecular formula is C21H29N3O6S. The van der Waals surface area contributed by atoms with Crippen molar-refractivity contribution in [2.45, 2.75) is 50.5 Å². The van der Waals surface area contributed by atoms with Crippen LogP contribution in [0.2, 0.25) is 0 Å². The van der Waals surface area contributed by atoms with Gasteiger partial charge in [0, 0.05) is 24.9 Å². The average Bonchev–Trinajstić information content (AvgIpc) is 3.15. The minimum absolute atomic E-state index is 0.0772. The van der Waals surface area contributed by atoms with Crippen LogP contribution in [0.4, 0.5) is 4.79 Å². The Morgan fingerprint density at radius 2 is 1.84 bits per heavy atom. The highest BCUT2D eigenvalue weighted by atomic mass is 32.2. The summed E-state index contributed by atoms with van der Waals surface area (Å²) in [6, 6.07) is 6.27. The van der Waals surface area contributed by atoms with E-state index >= 15 is 0 Å². The Morgan fingerprint density at radius 3 is 2.42 bits per heavy atom. The van der Waals surface area contributed by atoms with Gasteiger partial charge in [0.15, 0.2) is 9.84 Å². The first-order valence-electron chi connectivity index (χ1n) is 10.3. The number of piperidine rings is 1. The molecule has 0 aliphatic carbocycles. The van der Waals surface area contributed by atoms with Crippen molar-refractivity contribution in [3.05, 3.63) is 24.3 Å². The molecule has 3 rings (SSSR count). The number of amides is 1. The van der Waals surface area contributed by atoms with E-state index in [1.165, 1.54) is 12.1 Å². The highest BCUT2D eigenvalue weighted by Crippen LogP contribution is 2.24. The number of hydrogen-bond donors (Lipinski definition) is 0. The van der Waals surface area contributed by atoms with Crippen molar-refractivity contribution in [3.8, 4) is 17.5 Å². The molecule has 31 heavy (non-hydrogen) atoms. The summed E-state index contributed by atoms with van der Waals surface area (Å²) >= 11 is 0. The zero-order valence-corrected chi connectivity index (χ0v) is 19.1. The second-order valence-electron chi connectivity index (χ2n) is 8.73. The normalized spacial score (nSPS) is 15.7. The summed E-state index contributed by atoms with van der Waals surface area (Å²) in [7, 11) is -3.25. The molecule has 170 valence electrons. The molecule has 0 spiro atoms. The second kappa shape index (κ2) is 9.25. The van der Waals surface area contributed by atoms with E-state index in [0.717, 1.165) is 25.5 Å². The molecule has 1 saturated heterocycles. The summed E-state index contributed by atoms with van der Waals surface area (Å²) in [5.74, 6) is 0.783. The van der Waals surface area contributed by atoms with Crippen LogP contribution in [0.3, 0.4) is 0 Å². The molecule has 1 aromatic carbocycles. The van der Waals surface area contributed by atoms with E-state index in [4.69, 9.17) is 14.0 Å². The van der Waals surface area contributed by atoms with Crippen molar-refractivity contribution in [1.29, 1.82) is 0 Å². The molecule has 0 atom stereocenters. The Morgan fingerprint density at radius 1 is 1.19 bits per heavy atom. The first-order chi connectivity index (χ1) is 14.5. The first-order valence-corrected chi connectivity index (χ1v) is 12.2. The zero-order chi connectivity index (χ0) is 22.6. The van der Waals surface area contributed by atoms with Crippen molar-refractivity contribution >= 4 is 15.9 Å². The van der Waals surface area contributed by atoms with Crippen molar-refractivity contribution in [2.75, 3.05) is 26.0 Å². The molecule has 1 aliphatic rings. The number of aromatic nitrogens is 2. The first kappa shape index (κ1) is 23.1. The molecule has 2 aromatic rings. The van der Waals surface area contributed by atoms with Crippen LogP contribution in [0, 0.1) is 5.92 Å². The number of likely N-dealkylation sites (tertiary alicyclic amines) is 1. The number of sulfone groups is 1. The van der Waals surface area contributed by atoms with Gasteiger partial charge >= 0.3 is 12.2 Å². The number of carbonyl (C=O) groups excluding carboxylic acids is 1. The molecule has 1 aromatic heterocycles. The highest BCUT2D eigenvalue weighted by Gasteiger charge is 2.26. The molecule has 0 bridgehead atoms. The topological polar surface area (TPSA) is 112 Å². The second-order valence-corrected chi connectivity index (χ2v) is 10.7. The van der Waals surface area contributed by atoms with E-state index < -0.39 is 15.4 Å². The summed E-state index contributed by atoms with van der Waals surface area (Å²) in [5, 5.41) is 3.88. The van der Waals surface area contributed by atoms with Crippen molar-refractivity contribution in [1.82, 2.24) is 15.0 Å². The molecule has 9 nitrogen and oxygen atoms in total. The fourth-order valence-corrected chi connectivity index (χ4v) is 3.91. The summed E-state index contributed by atoms with van der Waals surface area (Å²) in [5.41, 5.74) is 0.154. The van der Waals surface area contributed by atoms with Crippen LogP contribution in [0.15, 0.2) is 33.7 Å². The van der Waals surface area contributed by atoms with Crippen molar-refractivity contribution in [3.63, 3.8) is 0 Å². The number of hydrogen-bond acceptors (Lipinski definition) is 8. The van der Waals surface area contributed by atoms with Crippen LogP contribution in [0.5, 0.6) is 6.08 Å².